The van der Waals surface area contributed by atoms with Gasteiger partial charge in [-0.25, -0.2) is 4.79 Å². The van der Waals surface area contributed by atoms with Gasteiger partial charge in [-0.1, -0.05) is 13.8 Å². The van der Waals surface area contributed by atoms with E-state index in [9.17, 15) is 4.79 Å². The lowest BCUT2D eigenvalue weighted by atomic mass is 9.81. The molecule has 14 nitrogen and oxygen atoms in total. The highest BCUT2D eigenvalue weighted by Gasteiger charge is 2.40. The van der Waals surface area contributed by atoms with E-state index in [0.717, 1.165) is 12.8 Å². The van der Waals surface area contributed by atoms with Crippen LogP contribution in [0.3, 0.4) is 0 Å². The highest BCUT2D eigenvalue weighted by molar-refractivity contribution is 5.68. The summed E-state index contributed by atoms with van der Waals surface area (Å²) in [5.41, 5.74) is -0.747. The number of hydrogen-bond acceptors (Lipinski definition) is 13. The third kappa shape index (κ3) is 24.9. The number of carbonyl (C=O) groups excluding carboxylic acids is 1. The molecule has 1 aliphatic heterocycles. The van der Waals surface area contributed by atoms with Crippen LogP contribution in [0.25, 0.3) is 0 Å². The quantitative estimate of drug-likeness (QED) is 0.0955. The third-order valence-electron chi connectivity index (χ3n) is 7.34. The van der Waals surface area contributed by atoms with Crippen molar-refractivity contribution in [2.45, 2.75) is 58.7 Å². The van der Waals surface area contributed by atoms with Gasteiger partial charge in [-0.05, 0) is 39.5 Å². The summed E-state index contributed by atoms with van der Waals surface area (Å²) < 4.78 is 66.1. The van der Waals surface area contributed by atoms with E-state index in [2.05, 4.69) is 13.8 Å². The molecule has 0 aliphatic carbocycles. The molecule has 1 fully saturated rings. The van der Waals surface area contributed by atoms with Crippen LogP contribution in [0.4, 0.5) is 4.79 Å². The molecule has 0 unspecified atom stereocenters. The minimum atomic E-state index is -0.493. The standard InChI is InChI=1S/C34H67NO13/c1-31(2)34(7-9-35(10-8-34)32(36)48-33(3,4)5)47-30-29-46-28-27-45-26-25-44-24-23-43-22-21-42-20-19-41-18-17-40-16-15-39-14-13-38-12-11-37-6/h31H,7-30H2,1-6H3. The smallest absolute Gasteiger partial charge is 0.410 e. The molecule has 1 amide bonds. The number of likely N-dealkylation sites (tertiary alicyclic amines) is 1. The number of hydrogen-bond donors (Lipinski definition) is 0. The van der Waals surface area contributed by atoms with E-state index in [1.807, 2.05) is 20.8 Å². The molecule has 1 rings (SSSR count). The Hall–Kier alpha value is -1.17. The second kappa shape index (κ2) is 29.5. The first-order valence-electron chi connectivity index (χ1n) is 17.5. The zero-order valence-electron chi connectivity index (χ0n) is 30.8. The molecular formula is C34H67NO13. The van der Waals surface area contributed by atoms with Crippen molar-refractivity contribution in [1.29, 1.82) is 0 Å². The predicted octanol–water partition coefficient (Wildman–Crippen LogP) is 3.22. The number of nitrogens with zero attached hydrogens (tertiary/aromatic N) is 1. The van der Waals surface area contributed by atoms with Crippen LogP contribution < -0.4 is 0 Å². The van der Waals surface area contributed by atoms with Gasteiger partial charge in [-0.15, -0.1) is 0 Å². The number of piperidine rings is 1. The second-order valence-corrected chi connectivity index (χ2v) is 12.5. The molecule has 0 radical (unpaired) electrons. The van der Waals surface area contributed by atoms with Gasteiger partial charge in [0.1, 0.15) is 5.60 Å². The van der Waals surface area contributed by atoms with Gasteiger partial charge < -0.3 is 61.7 Å². The number of methoxy groups -OCH3 is 1. The number of rotatable bonds is 32. The van der Waals surface area contributed by atoms with Gasteiger partial charge >= 0.3 is 6.09 Å². The minimum absolute atomic E-state index is 0.254. The van der Waals surface area contributed by atoms with Crippen LogP contribution in [0.5, 0.6) is 0 Å². The first kappa shape index (κ1) is 44.9. The van der Waals surface area contributed by atoms with E-state index in [0.29, 0.717) is 151 Å². The molecule has 286 valence electrons. The Kier molecular flexibility index (Phi) is 27.6. The van der Waals surface area contributed by atoms with Gasteiger partial charge in [0.25, 0.3) is 0 Å². The van der Waals surface area contributed by atoms with Crippen LogP contribution >= 0.6 is 0 Å². The summed E-state index contributed by atoms with van der Waals surface area (Å²) in [5.74, 6) is 0.336. The molecule has 48 heavy (non-hydrogen) atoms. The van der Waals surface area contributed by atoms with Crippen LogP contribution in [-0.2, 0) is 56.8 Å². The lowest BCUT2D eigenvalue weighted by molar-refractivity contribution is -0.125. The topological polar surface area (TPSA) is 131 Å². The summed E-state index contributed by atoms with van der Waals surface area (Å²) in [6.45, 7) is 21.6. The highest BCUT2D eigenvalue weighted by atomic mass is 16.6. The maximum absolute atomic E-state index is 12.4. The summed E-state index contributed by atoms with van der Waals surface area (Å²) in [5, 5.41) is 0. The normalized spacial score (nSPS) is 15.0. The number of carbonyl (C=O) groups is 1. The lowest BCUT2D eigenvalue weighted by Gasteiger charge is -2.44. The molecule has 1 heterocycles. The molecule has 14 heteroatoms. The van der Waals surface area contributed by atoms with E-state index in [-0.39, 0.29) is 11.7 Å². The van der Waals surface area contributed by atoms with E-state index in [4.69, 9.17) is 56.8 Å². The van der Waals surface area contributed by atoms with Gasteiger partial charge in [-0.2, -0.15) is 0 Å². The summed E-state index contributed by atoms with van der Waals surface area (Å²) in [7, 11) is 1.65. The molecular weight excluding hydrogens is 630 g/mol. The van der Waals surface area contributed by atoms with Gasteiger partial charge in [0, 0.05) is 20.2 Å². The Morgan fingerprint density at radius 3 is 1.10 bits per heavy atom. The summed E-state index contributed by atoms with van der Waals surface area (Å²) in [6.07, 6.45) is 1.31. The van der Waals surface area contributed by atoms with Crippen molar-refractivity contribution in [2.75, 3.05) is 152 Å². The number of ether oxygens (including phenoxy) is 12. The van der Waals surface area contributed by atoms with E-state index in [1.165, 1.54) is 0 Å². The molecule has 1 saturated heterocycles. The molecule has 0 N–H and O–H groups in total. The monoisotopic (exact) mass is 697 g/mol. The molecule has 0 aromatic heterocycles. The molecule has 1 aliphatic rings. The van der Waals surface area contributed by atoms with Gasteiger partial charge in [0.05, 0.1) is 138 Å². The fourth-order valence-electron chi connectivity index (χ4n) is 4.59. The first-order chi connectivity index (χ1) is 23.2. The van der Waals surface area contributed by atoms with Gasteiger partial charge in [0.15, 0.2) is 0 Å². The molecule has 0 saturated carbocycles. The zero-order chi connectivity index (χ0) is 35.2. The van der Waals surface area contributed by atoms with E-state index in [1.54, 1.807) is 12.0 Å². The number of amides is 1. The predicted molar refractivity (Wildman–Crippen MR) is 180 cm³/mol. The second-order valence-electron chi connectivity index (χ2n) is 12.5. The Morgan fingerprint density at radius 2 is 0.833 bits per heavy atom. The molecule has 0 aromatic rings. The van der Waals surface area contributed by atoms with Crippen molar-refractivity contribution in [1.82, 2.24) is 4.90 Å². The van der Waals surface area contributed by atoms with Crippen LogP contribution in [0.1, 0.15) is 47.5 Å². The van der Waals surface area contributed by atoms with Crippen LogP contribution in [0.15, 0.2) is 0 Å². The molecule has 0 spiro atoms. The van der Waals surface area contributed by atoms with Gasteiger partial charge in [-0.3, -0.25) is 0 Å². The SMILES string of the molecule is COCCOCCOCCOCCOCCOCCOCCOCCOCCOCCOC1(C(C)C)CCN(C(=O)OC(C)(C)C)CC1. The highest BCUT2D eigenvalue weighted by Crippen LogP contribution is 2.34. The largest absolute Gasteiger partial charge is 0.444 e. The average molecular weight is 698 g/mol. The van der Waals surface area contributed by atoms with Crippen molar-refractivity contribution in [2.24, 2.45) is 5.92 Å². The summed E-state index contributed by atoms with van der Waals surface area (Å²) >= 11 is 0. The van der Waals surface area contributed by atoms with E-state index < -0.39 is 5.60 Å². The van der Waals surface area contributed by atoms with Gasteiger partial charge in [0.2, 0.25) is 0 Å². The van der Waals surface area contributed by atoms with Crippen molar-refractivity contribution in [3.8, 4) is 0 Å². The fourth-order valence-corrected chi connectivity index (χ4v) is 4.59. The maximum Gasteiger partial charge on any atom is 0.410 e. The van der Waals surface area contributed by atoms with Crippen molar-refractivity contribution >= 4 is 6.09 Å². The average Bonchev–Trinajstić information content (AvgIpc) is 3.05. The third-order valence-corrected chi connectivity index (χ3v) is 7.34. The Balaban J connectivity index is 1.81. The summed E-state index contributed by atoms with van der Waals surface area (Å²) in [6, 6.07) is 0. The maximum atomic E-state index is 12.4. The first-order valence-corrected chi connectivity index (χ1v) is 17.5. The Labute approximate surface area is 289 Å². The Morgan fingerprint density at radius 1 is 0.542 bits per heavy atom. The molecule has 0 aromatic carbocycles. The van der Waals surface area contributed by atoms with Crippen molar-refractivity contribution < 1.29 is 61.6 Å². The zero-order valence-corrected chi connectivity index (χ0v) is 30.8. The van der Waals surface area contributed by atoms with E-state index >= 15 is 0 Å². The van der Waals surface area contributed by atoms with Crippen molar-refractivity contribution in [3.63, 3.8) is 0 Å². The minimum Gasteiger partial charge on any atom is -0.444 e. The van der Waals surface area contributed by atoms with Crippen LogP contribution in [0.2, 0.25) is 0 Å². The Bertz CT molecular complexity index is 730. The van der Waals surface area contributed by atoms with Crippen LogP contribution in [0, 0.1) is 5.92 Å². The fraction of sp³-hybridized carbons (Fsp3) is 0.971. The molecule has 0 bridgehead atoms. The lowest BCUT2D eigenvalue weighted by Crippen LogP contribution is -2.52. The van der Waals surface area contributed by atoms with Crippen molar-refractivity contribution in [3.05, 3.63) is 0 Å². The van der Waals surface area contributed by atoms with Crippen LogP contribution in [-0.4, -0.2) is 175 Å². The molecule has 0 atom stereocenters. The summed E-state index contributed by atoms with van der Waals surface area (Å²) in [4.78, 5) is 14.2.